The van der Waals surface area contributed by atoms with Crippen LogP contribution in [0.3, 0.4) is 0 Å². The Hall–Kier alpha value is -1.75. The van der Waals surface area contributed by atoms with Crippen molar-refractivity contribution in [1.82, 2.24) is 24.8 Å². The summed E-state index contributed by atoms with van der Waals surface area (Å²) in [6, 6.07) is 2.06. The van der Waals surface area contributed by atoms with Gasteiger partial charge in [0, 0.05) is 36.6 Å². The van der Waals surface area contributed by atoms with E-state index in [0.29, 0.717) is 5.92 Å². The van der Waals surface area contributed by atoms with Gasteiger partial charge in [0.25, 0.3) is 0 Å². The van der Waals surface area contributed by atoms with Gasteiger partial charge in [-0.25, -0.2) is 15.0 Å². The maximum atomic E-state index is 4.59. The van der Waals surface area contributed by atoms with Crippen molar-refractivity contribution in [1.29, 1.82) is 0 Å². The molecule has 0 saturated carbocycles. The van der Waals surface area contributed by atoms with Gasteiger partial charge in [0.1, 0.15) is 5.82 Å². The first-order valence-corrected chi connectivity index (χ1v) is 7.23. The second kappa shape index (κ2) is 5.71. The number of nitrogens with zero attached hydrogens (tertiary/aromatic N) is 4. The number of aryl methyl sites for hydroxylation is 2. The van der Waals surface area contributed by atoms with E-state index in [4.69, 9.17) is 0 Å². The zero-order valence-corrected chi connectivity index (χ0v) is 12.1. The molecule has 0 bridgehead atoms. The summed E-state index contributed by atoms with van der Waals surface area (Å²) >= 11 is 0. The smallest absolute Gasteiger partial charge is 0.125 e. The molecule has 0 aromatic carbocycles. The van der Waals surface area contributed by atoms with E-state index in [2.05, 4.69) is 37.8 Å². The van der Waals surface area contributed by atoms with Gasteiger partial charge in [0.15, 0.2) is 0 Å². The summed E-state index contributed by atoms with van der Waals surface area (Å²) in [6.45, 7) is 7.17. The number of likely N-dealkylation sites (tertiary alicyclic amines) is 1. The molecule has 1 saturated heterocycles. The van der Waals surface area contributed by atoms with Crippen LogP contribution in [0.5, 0.6) is 0 Å². The summed E-state index contributed by atoms with van der Waals surface area (Å²) in [5.41, 5.74) is 3.51. The first kappa shape index (κ1) is 13.2. The van der Waals surface area contributed by atoms with Crippen molar-refractivity contribution in [3.05, 3.63) is 41.5 Å². The Labute approximate surface area is 119 Å². The standard InChI is InChI=1S/C15H21N5/c1-11-15(18-10-17-11)9-20-7-3-4-13(8-20)14-5-6-16-12(2)19-14/h5-6,10,13H,3-4,7-9H2,1-2H3,(H,17,18). The Morgan fingerprint density at radius 3 is 3.00 bits per heavy atom. The minimum absolute atomic E-state index is 0.518. The van der Waals surface area contributed by atoms with Crippen LogP contribution >= 0.6 is 0 Å². The number of piperidine rings is 1. The Bertz CT molecular complexity index is 577. The van der Waals surface area contributed by atoms with Gasteiger partial charge in [-0.15, -0.1) is 0 Å². The molecule has 20 heavy (non-hydrogen) atoms. The molecule has 1 aliphatic heterocycles. The molecule has 1 N–H and O–H groups in total. The lowest BCUT2D eigenvalue weighted by Gasteiger charge is -2.32. The number of nitrogens with one attached hydrogen (secondary N) is 1. The summed E-state index contributed by atoms with van der Waals surface area (Å²) in [5, 5.41) is 0. The third-order valence-electron chi connectivity index (χ3n) is 4.03. The molecule has 5 nitrogen and oxygen atoms in total. The van der Waals surface area contributed by atoms with Crippen LogP contribution in [-0.2, 0) is 6.54 Å². The number of aromatic nitrogens is 4. The summed E-state index contributed by atoms with van der Waals surface area (Å²) in [5.74, 6) is 1.38. The maximum Gasteiger partial charge on any atom is 0.125 e. The predicted octanol–water partition coefficient (Wildman–Crippen LogP) is 2.20. The van der Waals surface area contributed by atoms with Crippen LogP contribution in [0.2, 0.25) is 0 Å². The van der Waals surface area contributed by atoms with Gasteiger partial charge in [-0.3, -0.25) is 4.90 Å². The fourth-order valence-corrected chi connectivity index (χ4v) is 2.90. The molecule has 1 fully saturated rings. The highest BCUT2D eigenvalue weighted by Crippen LogP contribution is 2.26. The molecule has 1 aliphatic rings. The Kier molecular flexibility index (Phi) is 3.78. The van der Waals surface area contributed by atoms with E-state index in [-0.39, 0.29) is 0 Å². The molecule has 1 unspecified atom stereocenters. The molecule has 0 radical (unpaired) electrons. The van der Waals surface area contributed by atoms with E-state index < -0.39 is 0 Å². The number of H-pyrrole nitrogens is 1. The molecular formula is C15H21N5. The van der Waals surface area contributed by atoms with Gasteiger partial charge in [-0.2, -0.15) is 0 Å². The quantitative estimate of drug-likeness (QED) is 0.929. The van der Waals surface area contributed by atoms with Crippen LogP contribution in [0.1, 0.15) is 41.7 Å². The van der Waals surface area contributed by atoms with Gasteiger partial charge in [0.05, 0.1) is 12.0 Å². The average molecular weight is 271 g/mol. The van der Waals surface area contributed by atoms with Gasteiger partial charge in [0.2, 0.25) is 0 Å². The van der Waals surface area contributed by atoms with Crippen molar-refractivity contribution in [3.63, 3.8) is 0 Å². The summed E-state index contributed by atoms with van der Waals surface area (Å²) in [4.78, 5) is 18.8. The Morgan fingerprint density at radius 1 is 1.35 bits per heavy atom. The molecule has 0 aliphatic carbocycles. The third-order valence-corrected chi connectivity index (χ3v) is 4.03. The zero-order chi connectivity index (χ0) is 13.9. The lowest BCUT2D eigenvalue weighted by Crippen LogP contribution is -2.34. The number of hydrogen-bond donors (Lipinski definition) is 1. The molecular weight excluding hydrogens is 250 g/mol. The first-order chi connectivity index (χ1) is 9.72. The number of rotatable bonds is 3. The molecule has 1 atom stereocenters. The van der Waals surface area contributed by atoms with Crippen LogP contribution in [0.25, 0.3) is 0 Å². The Morgan fingerprint density at radius 2 is 2.25 bits per heavy atom. The lowest BCUT2D eigenvalue weighted by molar-refractivity contribution is 0.196. The minimum atomic E-state index is 0.518. The molecule has 106 valence electrons. The van der Waals surface area contributed by atoms with E-state index in [1.165, 1.54) is 24.2 Å². The lowest BCUT2D eigenvalue weighted by atomic mass is 9.94. The summed E-state index contributed by atoms with van der Waals surface area (Å²) in [6.07, 6.45) is 6.08. The van der Waals surface area contributed by atoms with E-state index in [9.17, 15) is 0 Å². The Balaban J connectivity index is 1.69. The molecule has 2 aromatic rings. The SMILES string of the molecule is Cc1nccc(C2CCCN(Cc3nc[nH]c3C)C2)n1. The summed E-state index contributed by atoms with van der Waals surface area (Å²) in [7, 11) is 0. The fourth-order valence-electron chi connectivity index (χ4n) is 2.90. The zero-order valence-electron chi connectivity index (χ0n) is 12.1. The summed E-state index contributed by atoms with van der Waals surface area (Å²) < 4.78 is 0. The fraction of sp³-hybridized carbons (Fsp3) is 0.533. The van der Waals surface area contributed by atoms with Gasteiger partial charge >= 0.3 is 0 Å². The predicted molar refractivity (Wildman–Crippen MR) is 77.3 cm³/mol. The molecule has 0 spiro atoms. The van der Waals surface area contributed by atoms with Gasteiger partial charge in [-0.1, -0.05) is 0 Å². The van der Waals surface area contributed by atoms with E-state index >= 15 is 0 Å². The number of hydrogen-bond acceptors (Lipinski definition) is 4. The number of imidazole rings is 1. The maximum absolute atomic E-state index is 4.59. The topological polar surface area (TPSA) is 57.7 Å². The van der Waals surface area contributed by atoms with Crippen molar-refractivity contribution in [2.45, 2.75) is 39.2 Å². The second-order valence-corrected chi connectivity index (χ2v) is 5.58. The van der Waals surface area contributed by atoms with Gasteiger partial charge in [-0.05, 0) is 39.3 Å². The molecule has 0 amide bonds. The first-order valence-electron chi connectivity index (χ1n) is 7.23. The van der Waals surface area contributed by atoms with Crippen molar-refractivity contribution in [3.8, 4) is 0 Å². The van der Waals surface area contributed by atoms with E-state index in [1.807, 2.05) is 13.1 Å². The molecule has 3 heterocycles. The highest BCUT2D eigenvalue weighted by Gasteiger charge is 2.23. The van der Waals surface area contributed by atoms with Crippen molar-refractivity contribution in [2.24, 2.45) is 0 Å². The highest BCUT2D eigenvalue weighted by molar-refractivity contribution is 5.12. The van der Waals surface area contributed by atoms with Crippen LogP contribution in [0, 0.1) is 13.8 Å². The van der Waals surface area contributed by atoms with E-state index in [0.717, 1.165) is 31.2 Å². The van der Waals surface area contributed by atoms with Crippen LogP contribution < -0.4 is 0 Å². The van der Waals surface area contributed by atoms with Crippen molar-refractivity contribution >= 4 is 0 Å². The normalized spacial score (nSPS) is 20.2. The van der Waals surface area contributed by atoms with Gasteiger partial charge < -0.3 is 4.98 Å². The van der Waals surface area contributed by atoms with E-state index in [1.54, 1.807) is 6.33 Å². The molecule has 5 heteroatoms. The van der Waals surface area contributed by atoms with Crippen molar-refractivity contribution < 1.29 is 0 Å². The van der Waals surface area contributed by atoms with Crippen molar-refractivity contribution in [2.75, 3.05) is 13.1 Å². The van der Waals surface area contributed by atoms with Crippen LogP contribution in [0.4, 0.5) is 0 Å². The molecule has 2 aromatic heterocycles. The van der Waals surface area contributed by atoms with Crippen LogP contribution in [-0.4, -0.2) is 37.9 Å². The van der Waals surface area contributed by atoms with Crippen LogP contribution in [0.15, 0.2) is 18.6 Å². The average Bonchev–Trinajstić information content (AvgIpc) is 2.85. The highest BCUT2D eigenvalue weighted by atomic mass is 15.1. The monoisotopic (exact) mass is 271 g/mol. The second-order valence-electron chi connectivity index (χ2n) is 5.58. The number of aromatic amines is 1. The minimum Gasteiger partial charge on any atom is -0.348 e. The molecule has 3 rings (SSSR count). The largest absolute Gasteiger partial charge is 0.348 e. The third kappa shape index (κ3) is 2.88.